The van der Waals surface area contributed by atoms with Gasteiger partial charge in [0.25, 0.3) is 0 Å². The second-order valence-corrected chi connectivity index (χ2v) is 6.43. The lowest BCUT2D eigenvalue weighted by atomic mass is 10.2. The number of nitrogens with zero attached hydrogens (tertiary/aromatic N) is 1. The van der Waals surface area contributed by atoms with E-state index in [2.05, 4.69) is 12.2 Å². The van der Waals surface area contributed by atoms with E-state index in [0.717, 1.165) is 12.8 Å². The molecule has 0 radical (unpaired) electrons. The van der Waals surface area contributed by atoms with Gasteiger partial charge in [-0.25, -0.2) is 14.5 Å². The Morgan fingerprint density at radius 3 is 2.54 bits per heavy atom. The van der Waals surface area contributed by atoms with Crippen LogP contribution in [0.1, 0.15) is 46.0 Å². The number of hydrogen-bond acceptors (Lipinski definition) is 4. The summed E-state index contributed by atoms with van der Waals surface area (Å²) in [5.41, 5.74) is 0.340. The van der Waals surface area contributed by atoms with Gasteiger partial charge in [-0.05, 0) is 31.5 Å². The van der Waals surface area contributed by atoms with Crippen LogP contribution in [0.5, 0.6) is 5.75 Å². The van der Waals surface area contributed by atoms with E-state index in [1.54, 1.807) is 12.1 Å². The van der Waals surface area contributed by atoms with Crippen molar-refractivity contribution in [1.82, 2.24) is 4.90 Å². The standard InChI is InChI=1S/C18H27ClN2O5/c1-3-4-5-6-7-10-26-16-9-8-14(11-15(16)19)20-17(23)21(18(24)25)13(2)12-22/h8-9,11,13,22H,3-7,10,12H2,1-2H3,(H,20,23)(H,24,25). The Bertz CT molecular complexity index is 597. The molecule has 7 nitrogen and oxygen atoms in total. The summed E-state index contributed by atoms with van der Waals surface area (Å²) in [6.07, 6.45) is 4.20. The predicted octanol–water partition coefficient (Wildman–Crippen LogP) is 4.58. The Morgan fingerprint density at radius 2 is 1.96 bits per heavy atom. The van der Waals surface area contributed by atoms with Gasteiger partial charge in [0.1, 0.15) is 5.75 Å². The Balaban J connectivity index is 2.60. The van der Waals surface area contributed by atoms with E-state index in [9.17, 15) is 9.59 Å². The second kappa shape index (κ2) is 11.6. The number of carbonyl (C=O) groups is 2. The number of urea groups is 1. The molecule has 0 saturated heterocycles. The summed E-state index contributed by atoms with van der Waals surface area (Å²) in [7, 11) is 0. The van der Waals surface area contributed by atoms with Gasteiger partial charge in [-0.1, -0.05) is 44.2 Å². The summed E-state index contributed by atoms with van der Waals surface area (Å²) in [5.74, 6) is 0.513. The van der Waals surface area contributed by atoms with Crippen molar-refractivity contribution >= 4 is 29.4 Å². The Labute approximate surface area is 158 Å². The van der Waals surface area contributed by atoms with Gasteiger partial charge in [-0.15, -0.1) is 0 Å². The average molecular weight is 387 g/mol. The maximum atomic E-state index is 12.1. The van der Waals surface area contributed by atoms with Crippen molar-refractivity contribution in [2.75, 3.05) is 18.5 Å². The zero-order chi connectivity index (χ0) is 19.5. The summed E-state index contributed by atoms with van der Waals surface area (Å²) in [5, 5.41) is 21.0. The highest BCUT2D eigenvalue weighted by Gasteiger charge is 2.26. The summed E-state index contributed by atoms with van der Waals surface area (Å²) in [4.78, 5) is 23.8. The quantitative estimate of drug-likeness (QED) is 0.511. The summed E-state index contributed by atoms with van der Waals surface area (Å²) < 4.78 is 5.64. The van der Waals surface area contributed by atoms with Crippen molar-refractivity contribution in [2.45, 2.75) is 52.0 Å². The molecule has 8 heteroatoms. The Hall–Kier alpha value is -1.99. The van der Waals surface area contributed by atoms with Crippen molar-refractivity contribution in [3.63, 3.8) is 0 Å². The average Bonchev–Trinajstić information content (AvgIpc) is 2.59. The molecule has 26 heavy (non-hydrogen) atoms. The van der Waals surface area contributed by atoms with Crippen molar-refractivity contribution in [1.29, 1.82) is 0 Å². The van der Waals surface area contributed by atoms with E-state index in [1.807, 2.05) is 0 Å². The number of amides is 3. The number of benzene rings is 1. The first kappa shape index (κ1) is 22.1. The van der Waals surface area contributed by atoms with Crippen LogP contribution in [0, 0.1) is 0 Å². The molecule has 0 aliphatic rings. The molecule has 0 spiro atoms. The molecule has 3 N–H and O–H groups in total. The Kier molecular flexibility index (Phi) is 9.83. The fourth-order valence-corrected chi connectivity index (χ4v) is 2.56. The molecule has 1 atom stereocenters. The van der Waals surface area contributed by atoms with Gasteiger partial charge in [0.2, 0.25) is 0 Å². The number of unbranched alkanes of at least 4 members (excludes halogenated alkanes) is 4. The third-order valence-corrected chi connectivity index (χ3v) is 4.11. The van der Waals surface area contributed by atoms with Crippen molar-refractivity contribution in [3.8, 4) is 5.75 Å². The van der Waals surface area contributed by atoms with Crippen molar-refractivity contribution in [2.24, 2.45) is 0 Å². The van der Waals surface area contributed by atoms with Crippen molar-refractivity contribution < 1.29 is 24.5 Å². The molecular formula is C18H27ClN2O5. The maximum Gasteiger partial charge on any atom is 0.415 e. The zero-order valence-corrected chi connectivity index (χ0v) is 16.0. The first-order valence-corrected chi connectivity index (χ1v) is 9.14. The number of carbonyl (C=O) groups excluding carboxylic acids is 1. The fourth-order valence-electron chi connectivity index (χ4n) is 2.32. The topological polar surface area (TPSA) is 99.1 Å². The van der Waals surface area contributed by atoms with Gasteiger partial charge in [0, 0.05) is 5.69 Å². The predicted molar refractivity (Wildman–Crippen MR) is 101 cm³/mol. The van der Waals surface area contributed by atoms with Crippen LogP contribution in [-0.2, 0) is 0 Å². The number of rotatable bonds is 10. The molecule has 0 heterocycles. The van der Waals surface area contributed by atoms with Gasteiger partial charge in [-0.2, -0.15) is 0 Å². The number of aliphatic hydroxyl groups is 1. The Morgan fingerprint density at radius 1 is 1.27 bits per heavy atom. The number of aliphatic hydroxyl groups excluding tert-OH is 1. The zero-order valence-electron chi connectivity index (χ0n) is 15.2. The van der Waals surface area contributed by atoms with Crippen LogP contribution in [-0.4, -0.2) is 46.5 Å². The molecule has 1 unspecified atom stereocenters. The number of ether oxygens (including phenoxy) is 1. The van der Waals surface area contributed by atoms with Crippen LogP contribution < -0.4 is 10.1 Å². The molecule has 0 aliphatic heterocycles. The monoisotopic (exact) mass is 386 g/mol. The molecule has 0 aliphatic carbocycles. The molecule has 0 bridgehead atoms. The van der Waals surface area contributed by atoms with E-state index in [1.165, 1.54) is 32.3 Å². The number of halogens is 1. The normalized spacial score (nSPS) is 11.7. The van der Waals surface area contributed by atoms with E-state index >= 15 is 0 Å². The van der Waals surface area contributed by atoms with Gasteiger partial charge < -0.3 is 20.3 Å². The van der Waals surface area contributed by atoms with Gasteiger partial charge in [0.15, 0.2) is 0 Å². The lowest BCUT2D eigenvalue weighted by molar-refractivity contribution is 0.120. The lowest BCUT2D eigenvalue weighted by Gasteiger charge is -2.23. The highest BCUT2D eigenvalue weighted by molar-refractivity contribution is 6.32. The number of anilines is 1. The molecule has 3 amide bonds. The van der Waals surface area contributed by atoms with E-state index in [0.29, 0.717) is 28.0 Å². The molecule has 1 aromatic carbocycles. The van der Waals surface area contributed by atoms with E-state index < -0.39 is 24.8 Å². The molecule has 0 aromatic heterocycles. The number of nitrogens with one attached hydrogen (secondary N) is 1. The van der Waals surface area contributed by atoms with Crippen LogP contribution >= 0.6 is 11.6 Å². The minimum atomic E-state index is -1.45. The number of carboxylic acid groups (broad SMARTS) is 1. The number of imide groups is 1. The van der Waals surface area contributed by atoms with Gasteiger partial charge in [0.05, 0.1) is 24.3 Å². The van der Waals surface area contributed by atoms with Gasteiger partial charge in [-0.3, -0.25) is 0 Å². The summed E-state index contributed by atoms with van der Waals surface area (Å²) in [6.45, 7) is 3.69. The van der Waals surface area contributed by atoms with Crippen LogP contribution in [0.25, 0.3) is 0 Å². The highest BCUT2D eigenvalue weighted by Crippen LogP contribution is 2.28. The molecule has 0 fully saturated rings. The molecule has 1 aromatic rings. The molecular weight excluding hydrogens is 360 g/mol. The third-order valence-electron chi connectivity index (χ3n) is 3.82. The minimum absolute atomic E-state index is 0.327. The van der Waals surface area contributed by atoms with Crippen molar-refractivity contribution in [3.05, 3.63) is 23.2 Å². The maximum absolute atomic E-state index is 12.1. The second-order valence-electron chi connectivity index (χ2n) is 6.02. The molecule has 1 rings (SSSR count). The summed E-state index contributed by atoms with van der Waals surface area (Å²) >= 11 is 6.16. The minimum Gasteiger partial charge on any atom is -0.492 e. The summed E-state index contributed by atoms with van der Waals surface area (Å²) in [6, 6.07) is 2.98. The van der Waals surface area contributed by atoms with Crippen LogP contribution in [0.4, 0.5) is 15.3 Å². The first-order chi connectivity index (χ1) is 12.4. The largest absolute Gasteiger partial charge is 0.492 e. The van der Waals surface area contributed by atoms with Crippen LogP contribution in [0.2, 0.25) is 5.02 Å². The fraction of sp³-hybridized carbons (Fsp3) is 0.556. The first-order valence-electron chi connectivity index (χ1n) is 8.77. The van der Waals surface area contributed by atoms with Crippen LogP contribution in [0.3, 0.4) is 0 Å². The van der Waals surface area contributed by atoms with E-state index in [-0.39, 0.29) is 0 Å². The lowest BCUT2D eigenvalue weighted by Crippen LogP contribution is -2.46. The highest BCUT2D eigenvalue weighted by atomic mass is 35.5. The molecule has 0 saturated carbocycles. The van der Waals surface area contributed by atoms with Gasteiger partial charge >= 0.3 is 12.1 Å². The molecule has 146 valence electrons. The smallest absolute Gasteiger partial charge is 0.415 e. The van der Waals surface area contributed by atoms with Crippen LogP contribution in [0.15, 0.2) is 18.2 Å². The third kappa shape index (κ3) is 7.09. The number of hydrogen-bond donors (Lipinski definition) is 3. The van der Waals surface area contributed by atoms with E-state index in [4.69, 9.17) is 26.6 Å². The SMILES string of the molecule is CCCCCCCOc1ccc(NC(=O)N(C(=O)O)C(C)CO)cc1Cl.